The van der Waals surface area contributed by atoms with Crippen LogP contribution in [-0.4, -0.2) is 73.0 Å². The summed E-state index contributed by atoms with van der Waals surface area (Å²) in [5.74, 6) is -0.0997. The number of hydrogen-bond donors (Lipinski definition) is 2. The minimum absolute atomic E-state index is 0.0288. The zero-order valence-electron chi connectivity index (χ0n) is 21.6. The number of piperazine rings is 1. The Balaban J connectivity index is 1.34. The van der Waals surface area contributed by atoms with Gasteiger partial charge in [-0.3, -0.25) is 9.69 Å². The maximum absolute atomic E-state index is 13.0. The molecule has 1 saturated heterocycles. The van der Waals surface area contributed by atoms with Crippen molar-refractivity contribution >= 4 is 29.6 Å². The van der Waals surface area contributed by atoms with Gasteiger partial charge in [0, 0.05) is 48.9 Å². The molecule has 0 bridgehead atoms. The van der Waals surface area contributed by atoms with E-state index in [1.54, 1.807) is 18.0 Å². The molecule has 1 fully saturated rings. The predicted molar refractivity (Wildman–Crippen MR) is 150 cm³/mol. The molecule has 4 rings (SSSR count). The van der Waals surface area contributed by atoms with E-state index in [1.807, 2.05) is 73.6 Å². The Bertz CT molecular complexity index is 1170. The number of carbonyl (C=O) groups excluding carboxylic acids is 1. The number of nitrogens with one attached hydrogen (secondary N) is 2. The van der Waals surface area contributed by atoms with Crippen LogP contribution in [0.25, 0.3) is 5.32 Å². The average molecular weight is 505 g/mol. The van der Waals surface area contributed by atoms with Crippen LogP contribution in [-0.2, 0) is 6.54 Å². The molecule has 2 heterocycles. The lowest BCUT2D eigenvalue weighted by atomic mass is 10.1. The minimum Gasteiger partial charge on any atom is -0.683 e. The second kappa shape index (κ2) is 12.3. The van der Waals surface area contributed by atoms with Gasteiger partial charge < -0.3 is 20.9 Å². The molecule has 2 aliphatic heterocycles. The predicted octanol–water partition coefficient (Wildman–Crippen LogP) is 4.47. The third kappa shape index (κ3) is 7.00. The summed E-state index contributed by atoms with van der Waals surface area (Å²) in [5.41, 5.74) is 4.82. The molecule has 0 saturated carbocycles. The molecule has 2 aromatic carbocycles. The Labute approximate surface area is 218 Å². The van der Waals surface area contributed by atoms with Crippen LogP contribution in [0.4, 0.5) is 5.69 Å². The molecule has 0 radical (unpaired) electrons. The van der Waals surface area contributed by atoms with Gasteiger partial charge in [0.05, 0.1) is 0 Å². The lowest BCUT2D eigenvalue weighted by Crippen LogP contribution is -2.43. The van der Waals surface area contributed by atoms with Gasteiger partial charge in [0.15, 0.2) is 18.1 Å². The Hall–Kier alpha value is -3.07. The molecular weight excluding hydrogens is 468 g/mol. The molecule has 190 valence electrons. The smallest absolute Gasteiger partial charge is 0.255 e. The third-order valence-electron chi connectivity index (χ3n) is 6.49. The van der Waals surface area contributed by atoms with E-state index >= 15 is 0 Å². The number of thioether (sulfide) groups is 1. The number of hydrogen-bond acceptors (Lipinski definition) is 5. The van der Waals surface area contributed by atoms with Gasteiger partial charge in [0.1, 0.15) is 7.05 Å². The lowest BCUT2D eigenvalue weighted by Gasteiger charge is -2.32. The molecule has 2 N–H and O–H groups in total. The van der Waals surface area contributed by atoms with Crippen molar-refractivity contribution in [3.63, 3.8) is 0 Å². The van der Waals surface area contributed by atoms with E-state index in [0.29, 0.717) is 5.56 Å². The molecule has 0 aliphatic carbocycles. The molecule has 7 nitrogen and oxygen atoms in total. The van der Waals surface area contributed by atoms with Crippen molar-refractivity contribution in [2.24, 2.45) is 0 Å². The molecular formula is C28H36N6OS. The van der Waals surface area contributed by atoms with Crippen LogP contribution in [0.15, 0.2) is 71.7 Å². The highest BCUT2D eigenvalue weighted by Gasteiger charge is 2.17. The van der Waals surface area contributed by atoms with E-state index < -0.39 is 0 Å². The van der Waals surface area contributed by atoms with E-state index in [2.05, 4.69) is 45.1 Å². The van der Waals surface area contributed by atoms with Gasteiger partial charge >= 0.3 is 0 Å². The van der Waals surface area contributed by atoms with Crippen molar-refractivity contribution in [3.05, 3.63) is 88.8 Å². The van der Waals surface area contributed by atoms with E-state index in [1.165, 1.54) is 5.56 Å². The van der Waals surface area contributed by atoms with Crippen LogP contribution in [0.2, 0.25) is 0 Å². The largest absolute Gasteiger partial charge is 0.683 e. The maximum Gasteiger partial charge on any atom is 0.255 e. The van der Waals surface area contributed by atoms with Crippen LogP contribution in [0.5, 0.6) is 0 Å². The number of likely N-dealkylation sites (N-methyl/N-ethyl adjacent to an activating group) is 1. The second-order valence-electron chi connectivity index (χ2n) is 9.35. The average Bonchev–Trinajstić information content (AvgIpc) is 2.86. The Morgan fingerprint density at radius 3 is 2.69 bits per heavy atom. The van der Waals surface area contributed by atoms with Gasteiger partial charge in [0.25, 0.3) is 5.91 Å². The first-order chi connectivity index (χ1) is 17.4. The van der Waals surface area contributed by atoms with Crippen LogP contribution < -0.4 is 10.6 Å². The van der Waals surface area contributed by atoms with Crippen LogP contribution in [0.3, 0.4) is 0 Å². The molecule has 0 spiro atoms. The first-order valence-corrected chi connectivity index (χ1v) is 13.5. The van der Waals surface area contributed by atoms with Gasteiger partial charge in [-0.25, -0.2) is 4.58 Å². The van der Waals surface area contributed by atoms with Crippen molar-refractivity contribution in [1.82, 2.24) is 15.1 Å². The van der Waals surface area contributed by atoms with Crippen molar-refractivity contribution < 1.29 is 9.37 Å². The van der Waals surface area contributed by atoms with E-state index in [9.17, 15) is 4.79 Å². The SMILES string of the molecule is CSc1cc(C(=O)Nc2cccc(C(C)[N-]C=CNC3=C[N+](C)=C3)c2)ccc1CN1CCN(C)CC1. The van der Waals surface area contributed by atoms with Crippen molar-refractivity contribution in [2.45, 2.75) is 24.4 Å². The summed E-state index contributed by atoms with van der Waals surface area (Å²) < 4.78 is 1.99. The number of carbonyl (C=O) groups is 1. The fourth-order valence-electron chi connectivity index (χ4n) is 4.24. The van der Waals surface area contributed by atoms with Crippen molar-refractivity contribution in [1.29, 1.82) is 0 Å². The molecule has 1 amide bonds. The number of benzene rings is 2. The van der Waals surface area contributed by atoms with Crippen LogP contribution >= 0.6 is 11.8 Å². The monoisotopic (exact) mass is 504 g/mol. The number of rotatable bonds is 10. The quantitative estimate of drug-likeness (QED) is 0.369. The molecule has 2 aromatic rings. The molecule has 36 heavy (non-hydrogen) atoms. The molecule has 2 aliphatic rings. The Kier molecular flexibility index (Phi) is 8.85. The molecule has 0 aromatic heterocycles. The van der Waals surface area contributed by atoms with Gasteiger partial charge in [-0.05, 0) is 49.3 Å². The van der Waals surface area contributed by atoms with Gasteiger partial charge in [-0.1, -0.05) is 36.7 Å². The summed E-state index contributed by atoms with van der Waals surface area (Å²) in [5, 5.41) is 10.8. The summed E-state index contributed by atoms with van der Waals surface area (Å²) in [6.45, 7) is 7.32. The summed E-state index contributed by atoms with van der Waals surface area (Å²) in [6.07, 6.45) is 9.68. The van der Waals surface area contributed by atoms with Crippen molar-refractivity contribution in [3.8, 4) is 0 Å². The fourth-order valence-corrected chi connectivity index (χ4v) is 4.88. The topological polar surface area (TPSA) is 64.7 Å². The highest BCUT2D eigenvalue weighted by Crippen LogP contribution is 2.26. The lowest BCUT2D eigenvalue weighted by molar-refractivity contribution is -0.429. The number of amides is 1. The van der Waals surface area contributed by atoms with Gasteiger partial charge in [0.2, 0.25) is 0 Å². The summed E-state index contributed by atoms with van der Waals surface area (Å²) in [6, 6.07) is 13.9. The van der Waals surface area contributed by atoms with Crippen LogP contribution in [0.1, 0.15) is 34.5 Å². The van der Waals surface area contributed by atoms with E-state index in [4.69, 9.17) is 0 Å². The number of nitrogens with zero attached hydrogens (tertiary/aromatic N) is 4. The third-order valence-corrected chi connectivity index (χ3v) is 7.31. The highest BCUT2D eigenvalue weighted by molar-refractivity contribution is 7.98. The number of anilines is 1. The first kappa shape index (κ1) is 26.0. The maximum atomic E-state index is 13.0. The molecule has 1 unspecified atom stereocenters. The molecule has 8 heteroatoms. The summed E-state index contributed by atoms with van der Waals surface area (Å²) in [4.78, 5) is 19.0. The normalized spacial score (nSPS) is 17.2. The Morgan fingerprint density at radius 2 is 1.97 bits per heavy atom. The summed E-state index contributed by atoms with van der Waals surface area (Å²) >= 11 is 1.70. The first-order valence-electron chi connectivity index (χ1n) is 12.3. The van der Waals surface area contributed by atoms with Crippen LogP contribution in [0, 0.1) is 0 Å². The summed E-state index contributed by atoms with van der Waals surface area (Å²) in [7, 11) is 4.16. The van der Waals surface area contributed by atoms with Gasteiger partial charge in [-0.2, -0.15) is 6.20 Å². The number of allylic oxidation sites excluding steroid dienone is 1. The Morgan fingerprint density at radius 1 is 1.19 bits per heavy atom. The van der Waals surface area contributed by atoms with Crippen molar-refractivity contribution in [2.75, 3.05) is 51.8 Å². The van der Waals surface area contributed by atoms with Gasteiger partial charge in [-0.15, -0.1) is 11.8 Å². The second-order valence-corrected chi connectivity index (χ2v) is 10.2. The fraction of sp³-hybridized carbons (Fsp3) is 0.357. The standard InChI is InChI=1S/C28H36N6OS/c1-21(29-10-11-30-26-19-33(3)20-26)22-6-5-7-25(16-22)31-28(35)23-8-9-24(27(17-23)36-4)18-34-14-12-32(2)13-15-34/h5-11,16-17,19-21,30H,12-15,18H2,1-4H3,(H,31,35). The van der Waals surface area contributed by atoms with E-state index in [-0.39, 0.29) is 11.9 Å². The zero-order valence-corrected chi connectivity index (χ0v) is 22.4. The molecule has 1 atom stereocenters. The highest BCUT2D eigenvalue weighted by atomic mass is 32.2. The minimum atomic E-state index is -0.0997. The van der Waals surface area contributed by atoms with E-state index in [0.717, 1.165) is 54.6 Å². The zero-order chi connectivity index (χ0) is 25.5.